The Morgan fingerprint density at radius 2 is 2.19 bits per heavy atom. The highest BCUT2D eigenvalue weighted by Gasteiger charge is 2.40. The highest BCUT2D eigenvalue weighted by atomic mass is 35.5. The number of aryl methyl sites for hydroxylation is 1. The van der Waals surface area contributed by atoms with Crippen LogP contribution >= 0.6 is 24.0 Å². The van der Waals surface area contributed by atoms with E-state index in [1.54, 1.807) is 0 Å². The maximum Gasteiger partial charge on any atom is 0.129 e. The summed E-state index contributed by atoms with van der Waals surface area (Å²) in [6.45, 7) is 2.06. The van der Waals surface area contributed by atoms with Gasteiger partial charge >= 0.3 is 0 Å². The largest absolute Gasteiger partial charge is 0.311 e. The van der Waals surface area contributed by atoms with E-state index in [9.17, 15) is 0 Å². The monoisotopic (exact) mass is 258 g/mol. The van der Waals surface area contributed by atoms with Crippen molar-refractivity contribution in [3.8, 4) is 0 Å². The zero-order chi connectivity index (χ0) is 10.4. The molecule has 2 aliphatic rings. The highest BCUT2D eigenvalue weighted by molar-refractivity contribution is 6.29. The van der Waals surface area contributed by atoms with Crippen LogP contribution in [-0.4, -0.2) is 17.1 Å². The summed E-state index contributed by atoms with van der Waals surface area (Å²) in [5.74, 6) is 0.661. The lowest BCUT2D eigenvalue weighted by molar-refractivity contribution is 0.503. The van der Waals surface area contributed by atoms with Gasteiger partial charge in [0.25, 0.3) is 0 Å². The van der Waals surface area contributed by atoms with E-state index in [2.05, 4.69) is 23.3 Å². The van der Waals surface area contributed by atoms with Gasteiger partial charge in [-0.1, -0.05) is 17.7 Å². The molecule has 3 rings (SSSR count). The Balaban J connectivity index is 0.000000963. The van der Waals surface area contributed by atoms with Crippen LogP contribution in [0.2, 0.25) is 5.15 Å². The van der Waals surface area contributed by atoms with Gasteiger partial charge in [0.2, 0.25) is 0 Å². The molecule has 0 radical (unpaired) electrons. The van der Waals surface area contributed by atoms with Gasteiger partial charge in [-0.2, -0.15) is 0 Å². The summed E-state index contributed by atoms with van der Waals surface area (Å²) in [7, 11) is 0. The van der Waals surface area contributed by atoms with Crippen LogP contribution in [0.25, 0.3) is 0 Å². The summed E-state index contributed by atoms with van der Waals surface area (Å²) in [5.41, 5.74) is 2.49. The Bertz CT molecular complexity index is 395. The van der Waals surface area contributed by atoms with Crippen LogP contribution in [-0.2, 0) is 0 Å². The maximum atomic E-state index is 5.88. The number of pyridine rings is 1. The molecule has 0 saturated carbocycles. The van der Waals surface area contributed by atoms with Gasteiger partial charge in [-0.25, -0.2) is 4.98 Å². The van der Waals surface area contributed by atoms with E-state index in [4.69, 9.17) is 11.6 Å². The molecular formula is C12H16Cl2N2. The molecule has 1 aromatic rings. The number of aromatic nitrogens is 1. The summed E-state index contributed by atoms with van der Waals surface area (Å²) in [4.78, 5) is 4.34. The van der Waals surface area contributed by atoms with Crippen molar-refractivity contribution < 1.29 is 0 Å². The molecule has 16 heavy (non-hydrogen) atoms. The Kier molecular flexibility index (Phi) is 3.43. The molecule has 0 aliphatic carbocycles. The first kappa shape index (κ1) is 12.2. The SMILES string of the molecule is Cc1nc(Cl)ccc1C1CC2CCC1N2.Cl. The van der Waals surface area contributed by atoms with Crippen molar-refractivity contribution in [3.05, 3.63) is 28.5 Å². The number of rotatable bonds is 1. The molecule has 2 bridgehead atoms. The second kappa shape index (κ2) is 4.52. The van der Waals surface area contributed by atoms with Crippen LogP contribution in [0.3, 0.4) is 0 Å². The Morgan fingerprint density at radius 1 is 1.38 bits per heavy atom. The van der Waals surface area contributed by atoms with E-state index in [0.29, 0.717) is 17.1 Å². The second-order valence-electron chi connectivity index (χ2n) is 4.70. The van der Waals surface area contributed by atoms with Crippen LogP contribution in [0.5, 0.6) is 0 Å². The molecule has 2 aliphatic heterocycles. The van der Waals surface area contributed by atoms with Crippen molar-refractivity contribution in [2.24, 2.45) is 0 Å². The third-order valence-electron chi connectivity index (χ3n) is 3.79. The Morgan fingerprint density at radius 3 is 2.75 bits per heavy atom. The minimum Gasteiger partial charge on any atom is -0.311 e. The number of nitrogens with one attached hydrogen (secondary N) is 1. The van der Waals surface area contributed by atoms with Crippen LogP contribution in [0, 0.1) is 6.92 Å². The molecule has 2 nitrogen and oxygen atoms in total. The van der Waals surface area contributed by atoms with Gasteiger partial charge < -0.3 is 5.32 Å². The molecule has 2 fully saturated rings. The minimum absolute atomic E-state index is 0. The van der Waals surface area contributed by atoms with Gasteiger partial charge in [-0.3, -0.25) is 0 Å². The highest BCUT2D eigenvalue weighted by Crippen LogP contribution is 2.40. The predicted molar refractivity (Wildman–Crippen MR) is 68.5 cm³/mol. The van der Waals surface area contributed by atoms with Crippen LogP contribution in [0.4, 0.5) is 0 Å². The average Bonchev–Trinajstić information content (AvgIpc) is 2.78. The average molecular weight is 259 g/mol. The Hall–Kier alpha value is -0.310. The molecule has 0 amide bonds. The fourth-order valence-corrected chi connectivity index (χ4v) is 3.29. The summed E-state index contributed by atoms with van der Waals surface area (Å²) >= 11 is 5.88. The topological polar surface area (TPSA) is 24.9 Å². The predicted octanol–water partition coefficient (Wildman–Crippen LogP) is 3.07. The molecule has 0 spiro atoms. The van der Waals surface area contributed by atoms with Crippen molar-refractivity contribution in [2.45, 2.75) is 44.2 Å². The lowest BCUT2D eigenvalue weighted by Gasteiger charge is -2.21. The quantitative estimate of drug-likeness (QED) is 0.784. The van der Waals surface area contributed by atoms with Crippen LogP contribution in [0.1, 0.15) is 36.4 Å². The van der Waals surface area contributed by atoms with Crippen LogP contribution < -0.4 is 5.32 Å². The van der Waals surface area contributed by atoms with Crippen molar-refractivity contribution in [3.63, 3.8) is 0 Å². The minimum atomic E-state index is 0. The van der Waals surface area contributed by atoms with Crippen molar-refractivity contribution in [1.82, 2.24) is 10.3 Å². The lowest BCUT2D eigenvalue weighted by atomic mass is 9.83. The van der Waals surface area contributed by atoms with Crippen molar-refractivity contribution in [2.75, 3.05) is 0 Å². The van der Waals surface area contributed by atoms with E-state index >= 15 is 0 Å². The molecule has 3 unspecified atom stereocenters. The first-order chi connectivity index (χ1) is 7.24. The Labute approximate surface area is 107 Å². The third-order valence-corrected chi connectivity index (χ3v) is 4.00. The summed E-state index contributed by atoms with van der Waals surface area (Å²) in [6.07, 6.45) is 3.94. The van der Waals surface area contributed by atoms with Gasteiger partial charge in [0.15, 0.2) is 0 Å². The van der Waals surface area contributed by atoms with E-state index in [1.807, 2.05) is 6.07 Å². The number of halogens is 2. The molecule has 2 saturated heterocycles. The standard InChI is InChI=1S/C12H15ClN2.ClH/c1-7-9(3-5-12(13)14-7)10-6-8-2-4-11(10)15-8;/h3,5,8,10-11,15H,2,4,6H2,1H3;1H. The van der Waals surface area contributed by atoms with E-state index in [-0.39, 0.29) is 12.4 Å². The molecule has 3 atom stereocenters. The van der Waals surface area contributed by atoms with Gasteiger partial charge in [-0.05, 0) is 37.8 Å². The van der Waals surface area contributed by atoms with Crippen molar-refractivity contribution in [1.29, 1.82) is 0 Å². The molecule has 1 aromatic heterocycles. The van der Waals surface area contributed by atoms with Gasteiger partial charge in [0, 0.05) is 23.7 Å². The maximum absolute atomic E-state index is 5.88. The fraction of sp³-hybridized carbons (Fsp3) is 0.583. The molecule has 4 heteroatoms. The fourth-order valence-electron chi connectivity index (χ4n) is 3.10. The van der Waals surface area contributed by atoms with Gasteiger partial charge in [-0.15, -0.1) is 12.4 Å². The molecule has 88 valence electrons. The smallest absolute Gasteiger partial charge is 0.129 e. The van der Waals surface area contributed by atoms with E-state index in [1.165, 1.54) is 24.8 Å². The van der Waals surface area contributed by atoms with E-state index < -0.39 is 0 Å². The first-order valence-electron chi connectivity index (χ1n) is 5.63. The summed E-state index contributed by atoms with van der Waals surface area (Å²) in [5, 5.41) is 4.26. The van der Waals surface area contributed by atoms with Crippen LogP contribution in [0.15, 0.2) is 12.1 Å². The third kappa shape index (κ3) is 1.94. The van der Waals surface area contributed by atoms with E-state index in [0.717, 1.165) is 11.7 Å². The second-order valence-corrected chi connectivity index (χ2v) is 5.09. The van der Waals surface area contributed by atoms with Crippen molar-refractivity contribution >= 4 is 24.0 Å². The number of fused-ring (bicyclic) bond motifs is 2. The summed E-state index contributed by atoms with van der Waals surface area (Å²) in [6, 6.07) is 5.49. The molecular weight excluding hydrogens is 243 g/mol. The number of hydrogen-bond donors (Lipinski definition) is 1. The summed E-state index contributed by atoms with van der Waals surface area (Å²) < 4.78 is 0. The number of nitrogens with zero attached hydrogens (tertiary/aromatic N) is 1. The normalized spacial score (nSPS) is 31.5. The lowest BCUT2D eigenvalue weighted by Crippen LogP contribution is -2.22. The van der Waals surface area contributed by atoms with Gasteiger partial charge in [0.1, 0.15) is 5.15 Å². The molecule has 3 heterocycles. The molecule has 1 N–H and O–H groups in total. The zero-order valence-electron chi connectivity index (χ0n) is 9.24. The van der Waals surface area contributed by atoms with Gasteiger partial charge in [0.05, 0.1) is 0 Å². The first-order valence-corrected chi connectivity index (χ1v) is 6.01. The zero-order valence-corrected chi connectivity index (χ0v) is 10.8. The number of hydrogen-bond acceptors (Lipinski definition) is 2. The molecule has 0 aromatic carbocycles.